The van der Waals surface area contributed by atoms with Crippen LogP contribution in [0.5, 0.6) is 0 Å². The van der Waals surface area contributed by atoms with Crippen LogP contribution in [0.1, 0.15) is 76.3 Å². The van der Waals surface area contributed by atoms with Crippen LogP contribution in [0, 0.1) is 12.1 Å². The number of pyridine rings is 2. The van der Waals surface area contributed by atoms with Crippen LogP contribution in [-0.2, 0) is 36.4 Å². The van der Waals surface area contributed by atoms with E-state index in [9.17, 15) is 0 Å². The monoisotopic (exact) mass is 839 g/mol. The summed E-state index contributed by atoms with van der Waals surface area (Å²) in [7, 11) is 0. The molecule has 0 aliphatic heterocycles. The van der Waals surface area contributed by atoms with Gasteiger partial charge in [-0.3, -0.25) is 0 Å². The van der Waals surface area contributed by atoms with Gasteiger partial charge in [0.05, 0.1) is 0 Å². The van der Waals surface area contributed by atoms with Crippen LogP contribution < -0.4 is 0 Å². The van der Waals surface area contributed by atoms with Crippen LogP contribution in [0.3, 0.4) is 0 Å². The summed E-state index contributed by atoms with van der Waals surface area (Å²) in [4.78, 5) is 9.30. The Morgan fingerprint density at radius 3 is 2.00 bits per heavy atom. The zero-order valence-corrected chi connectivity index (χ0v) is 32.7. The van der Waals surface area contributed by atoms with E-state index in [-0.39, 0.29) is 36.4 Å². The Bertz CT molecular complexity index is 2410. The molecule has 0 N–H and O–H groups in total. The molecule has 2 nitrogen and oxygen atoms in total. The van der Waals surface area contributed by atoms with Crippen molar-refractivity contribution in [2.75, 3.05) is 0 Å². The van der Waals surface area contributed by atoms with E-state index in [1.54, 1.807) is 0 Å². The second-order valence-corrected chi connectivity index (χ2v) is 15.8. The van der Waals surface area contributed by atoms with Crippen molar-refractivity contribution in [1.82, 2.24) is 9.97 Å². The molecule has 51 heavy (non-hydrogen) atoms. The van der Waals surface area contributed by atoms with Crippen molar-refractivity contribution >= 4 is 10.8 Å². The summed E-state index contributed by atoms with van der Waals surface area (Å²) >= 11 is 0. The van der Waals surface area contributed by atoms with Crippen molar-refractivity contribution in [1.29, 1.82) is 0 Å². The maximum atomic E-state index is 4.86. The van der Waals surface area contributed by atoms with Gasteiger partial charge in [-0.25, -0.2) is 0 Å². The quantitative estimate of drug-likeness (QED) is 0.162. The van der Waals surface area contributed by atoms with E-state index in [2.05, 4.69) is 157 Å². The third kappa shape index (κ3) is 5.87. The number of aromatic nitrogens is 2. The molecule has 0 saturated heterocycles. The van der Waals surface area contributed by atoms with E-state index in [1.807, 2.05) is 36.7 Å². The Morgan fingerprint density at radius 1 is 0.549 bits per heavy atom. The number of hydrogen-bond donors (Lipinski definition) is 0. The summed E-state index contributed by atoms with van der Waals surface area (Å²) in [5, 5.41) is 2.58. The summed E-state index contributed by atoms with van der Waals surface area (Å²) in [6.07, 6.45) is 3.78. The van der Waals surface area contributed by atoms with Gasteiger partial charge in [0.15, 0.2) is 0 Å². The molecular weight excluding hydrogens is 797 g/mol. The molecule has 5 aromatic carbocycles. The molecule has 0 atom stereocenters. The number of fused-ring (bicyclic) bond motifs is 7. The summed E-state index contributed by atoms with van der Waals surface area (Å²) in [6.45, 7) is 16.0. The summed E-state index contributed by atoms with van der Waals surface area (Å²) in [5.41, 5.74) is 16.2. The maximum absolute atomic E-state index is 4.86. The Kier molecular flexibility index (Phi) is 8.73. The van der Waals surface area contributed by atoms with Gasteiger partial charge in [0.1, 0.15) is 0 Å². The molecule has 2 heterocycles. The maximum Gasteiger partial charge on any atom is 0.0167 e. The third-order valence-electron chi connectivity index (χ3n) is 10.8. The Morgan fingerprint density at radius 2 is 1.25 bits per heavy atom. The zero-order chi connectivity index (χ0) is 34.8. The van der Waals surface area contributed by atoms with E-state index >= 15 is 0 Å². The van der Waals surface area contributed by atoms with Gasteiger partial charge < -0.3 is 9.97 Å². The molecule has 3 heteroatoms. The molecule has 9 rings (SSSR count). The molecule has 0 amide bonds. The summed E-state index contributed by atoms with van der Waals surface area (Å²) in [6, 6.07) is 47.9. The molecule has 2 aliphatic carbocycles. The molecule has 0 fully saturated rings. The van der Waals surface area contributed by atoms with Crippen molar-refractivity contribution in [3.05, 3.63) is 168 Å². The van der Waals surface area contributed by atoms with E-state index in [0.717, 1.165) is 22.5 Å². The van der Waals surface area contributed by atoms with E-state index in [4.69, 9.17) is 4.98 Å². The minimum Gasteiger partial charge on any atom is -0.305 e. The summed E-state index contributed by atoms with van der Waals surface area (Å²) < 4.78 is 0. The molecule has 0 saturated carbocycles. The largest absolute Gasteiger partial charge is 0.305 e. The van der Waals surface area contributed by atoms with E-state index in [0.29, 0.717) is 0 Å². The average molecular weight is 839 g/mol. The molecule has 0 unspecified atom stereocenters. The van der Waals surface area contributed by atoms with E-state index < -0.39 is 0 Å². The standard InChI is InChI=1S/C28H26N.C20H16N.Ir/c1-27(2,3)21-12-8-11-20(15-21)26-25-22(13-14-29-26)23-16-18-9-6-7-10-19(18)17-24(23)28(25,4)5;1-20(2)17-8-4-3-7-15(17)16-13-14(10-11-18(16)20)19-9-5-6-12-21-19;/h6-10,12-17H,1-5H3;3-9,11-13H,1-2H3;/q2*-1;. The van der Waals surface area contributed by atoms with Crippen molar-refractivity contribution in [2.24, 2.45) is 0 Å². The minimum absolute atomic E-state index is 0. The number of benzene rings is 5. The molecule has 0 spiro atoms. The van der Waals surface area contributed by atoms with Crippen LogP contribution >= 0.6 is 0 Å². The number of nitrogens with zero attached hydrogens (tertiary/aromatic N) is 2. The van der Waals surface area contributed by atoms with Gasteiger partial charge in [0.2, 0.25) is 0 Å². The van der Waals surface area contributed by atoms with Gasteiger partial charge in [-0.15, -0.1) is 64.7 Å². The fourth-order valence-corrected chi connectivity index (χ4v) is 8.02. The second kappa shape index (κ2) is 12.8. The van der Waals surface area contributed by atoms with Crippen molar-refractivity contribution in [3.8, 4) is 44.8 Å². The molecule has 1 radical (unpaired) electrons. The average Bonchev–Trinajstić information content (AvgIpc) is 3.50. The molecule has 2 aromatic heterocycles. The van der Waals surface area contributed by atoms with Gasteiger partial charge in [0, 0.05) is 37.9 Å². The number of rotatable bonds is 2. The Hall–Kier alpha value is -4.69. The Labute approximate surface area is 316 Å². The molecule has 7 aromatic rings. The van der Waals surface area contributed by atoms with Crippen LogP contribution in [0.2, 0.25) is 0 Å². The van der Waals surface area contributed by atoms with Crippen LogP contribution in [0.25, 0.3) is 55.5 Å². The Balaban J connectivity index is 0.000000164. The van der Waals surface area contributed by atoms with Gasteiger partial charge in [-0.2, -0.15) is 0 Å². The van der Waals surface area contributed by atoms with Gasteiger partial charge in [-0.05, 0) is 90.6 Å². The zero-order valence-electron chi connectivity index (χ0n) is 30.4. The van der Waals surface area contributed by atoms with Gasteiger partial charge in [-0.1, -0.05) is 115 Å². The van der Waals surface area contributed by atoms with Crippen molar-refractivity contribution in [3.63, 3.8) is 0 Å². The fourth-order valence-electron chi connectivity index (χ4n) is 8.02. The first-order valence-corrected chi connectivity index (χ1v) is 17.6. The predicted molar refractivity (Wildman–Crippen MR) is 208 cm³/mol. The predicted octanol–water partition coefficient (Wildman–Crippen LogP) is 12.2. The van der Waals surface area contributed by atoms with E-state index in [1.165, 1.54) is 60.8 Å². The third-order valence-corrected chi connectivity index (χ3v) is 10.8. The van der Waals surface area contributed by atoms with Crippen molar-refractivity contribution in [2.45, 2.75) is 64.7 Å². The SMILES string of the molecule is CC(C)(C)c1cc[c-]c(-c2nccc3c2C(C)(C)c2cc4ccccc4cc2-3)c1.CC1(C)c2c[c-]c(-c3ccccn3)cc2-c2ccccc21.[Ir]. The molecule has 255 valence electrons. The second-order valence-electron chi connectivity index (χ2n) is 15.8. The normalized spacial score (nSPS) is 14.3. The summed E-state index contributed by atoms with van der Waals surface area (Å²) in [5.74, 6) is 0. The molecular formula is C48H42IrN2-2. The molecule has 2 aliphatic rings. The van der Waals surface area contributed by atoms with Crippen LogP contribution in [0.4, 0.5) is 0 Å². The first-order chi connectivity index (χ1) is 23.9. The minimum atomic E-state index is -0.107. The fraction of sp³-hybridized carbons (Fsp3) is 0.208. The van der Waals surface area contributed by atoms with Crippen molar-refractivity contribution < 1.29 is 20.1 Å². The topological polar surface area (TPSA) is 25.8 Å². The smallest absolute Gasteiger partial charge is 0.0167 e. The van der Waals surface area contributed by atoms with Gasteiger partial charge in [0.25, 0.3) is 0 Å². The number of hydrogen-bond acceptors (Lipinski definition) is 2. The van der Waals surface area contributed by atoms with Crippen LogP contribution in [0.15, 0.2) is 128 Å². The first-order valence-electron chi connectivity index (χ1n) is 17.6. The first kappa shape index (κ1) is 34.7. The van der Waals surface area contributed by atoms with Gasteiger partial charge >= 0.3 is 0 Å². The molecule has 0 bridgehead atoms. The van der Waals surface area contributed by atoms with Crippen LogP contribution in [-0.4, -0.2) is 9.97 Å².